The zero-order valence-electron chi connectivity index (χ0n) is 11.5. The van der Waals surface area contributed by atoms with Crippen LogP contribution in [-0.4, -0.2) is 20.0 Å². The van der Waals surface area contributed by atoms with Gasteiger partial charge in [-0.15, -0.1) is 0 Å². The fourth-order valence-electron chi connectivity index (χ4n) is 2.52. The van der Waals surface area contributed by atoms with Crippen molar-refractivity contribution in [1.29, 1.82) is 0 Å². The van der Waals surface area contributed by atoms with E-state index in [2.05, 4.69) is 5.32 Å². The van der Waals surface area contributed by atoms with Gasteiger partial charge in [-0.1, -0.05) is 25.7 Å². The Labute approximate surface area is 122 Å². The molecule has 1 saturated carbocycles. The minimum absolute atomic E-state index is 0.303. The number of hydrogen-bond donors (Lipinski definition) is 1. The maximum Gasteiger partial charge on any atom is 0.501 e. The number of alkyl halides is 3. The Morgan fingerprint density at radius 1 is 0.952 bits per heavy atom. The molecule has 0 radical (unpaired) electrons. The van der Waals surface area contributed by atoms with Crippen LogP contribution in [0.2, 0.25) is 0 Å². The summed E-state index contributed by atoms with van der Waals surface area (Å²) in [5.74, 6) is 0. The van der Waals surface area contributed by atoms with Crippen molar-refractivity contribution in [3.63, 3.8) is 0 Å². The molecule has 0 amide bonds. The van der Waals surface area contributed by atoms with Gasteiger partial charge in [0.1, 0.15) is 0 Å². The zero-order valence-corrected chi connectivity index (χ0v) is 12.3. The lowest BCUT2D eigenvalue weighted by Crippen LogP contribution is -2.23. The van der Waals surface area contributed by atoms with Crippen molar-refractivity contribution in [2.45, 2.75) is 55.0 Å². The maximum absolute atomic E-state index is 12.4. The third-order valence-electron chi connectivity index (χ3n) is 3.70. The highest BCUT2D eigenvalue weighted by atomic mass is 32.2. The summed E-state index contributed by atoms with van der Waals surface area (Å²) < 4.78 is 59.8. The monoisotopic (exact) mass is 321 g/mol. The first kappa shape index (κ1) is 16.1. The molecule has 1 aromatic carbocycles. The molecule has 21 heavy (non-hydrogen) atoms. The lowest BCUT2D eigenvalue weighted by atomic mass is 10.1. The van der Waals surface area contributed by atoms with Gasteiger partial charge in [-0.25, -0.2) is 8.42 Å². The third-order valence-corrected chi connectivity index (χ3v) is 5.20. The van der Waals surface area contributed by atoms with Crippen molar-refractivity contribution in [3.05, 3.63) is 24.3 Å². The summed E-state index contributed by atoms with van der Waals surface area (Å²) in [5.41, 5.74) is -4.61. The number of hydrogen-bond acceptors (Lipinski definition) is 3. The highest BCUT2D eigenvalue weighted by Crippen LogP contribution is 2.31. The predicted molar refractivity (Wildman–Crippen MR) is 74.8 cm³/mol. The number of benzene rings is 1. The predicted octanol–water partition coefficient (Wildman–Crippen LogP) is 4.11. The molecule has 118 valence electrons. The number of anilines is 1. The molecule has 0 aliphatic heterocycles. The van der Waals surface area contributed by atoms with Gasteiger partial charge >= 0.3 is 5.51 Å². The van der Waals surface area contributed by atoms with E-state index in [9.17, 15) is 21.6 Å². The fraction of sp³-hybridized carbons (Fsp3) is 0.571. The fourth-order valence-corrected chi connectivity index (χ4v) is 3.28. The molecular formula is C14H18F3NO2S. The molecule has 1 aliphatic rings. The third kappa shape index (κ3) is 3.90. The molecule has 0 atom stereocenters. The van der Waals surface area contributed by atoms with Crippen LogP contribution in [-0.2, 0) is 9.84 Å². The van der Waals surface area contributed by atoms with Crippen LogP contribution in [0.5, 0.6) is 0 Å². The van der Waals surface area contributed by atoms with Gasteiger partial charge in [0.2, 0.25) is 0 Å². The van der Waals surface area contributed by atoms with Crippen molar-refractivity contribution < 1.29 is 21.6 Å². The Balaban J connectivity index is 2.09. The molecule has 1 aromatic rings. The van der Waals surface area contributed by atoms with Crippen LogP contribution in [0.15, 0.2) is 29.2 Å². The second-order valence-electron chi connectivity index (χ2n) is 5.31. The molecule has 0 aromatic heterocycles. The molecule has 1 aliphatic carbocycles. The minimum atomic E-state index is -5.26. The van der Waals surface area contributed by atoms with Crippen LogP contribution in [0.1, 0.15) is 38.5 Å². The Hall–Kier alpha value is -1.24. The largest absolute Gasteiger partial charge is 0.501 e. The Kier molecular flexibility index (Phi) is 4.81. The van der Waals surface area contributed by atoms with Gasteiger partial charge in [0.05, 0.1) is 4.90 Å². The molecule has 0 heterocycles. The standard InChI is InChI=1S/C14H18F3NO2S/c15-14(16,17)21(19,20)13-9-7-12(8-10-13)18-11-5-3-1-2-4-6-11/h7-11,18H,1-6H2. The van der Waals surface area contributed by atoms with Crippen LogP contribution >= 0.6 is 0 Å². The smallest absolute Gasteiger partial charge is 0.382 e. The first-order valence-electron chi connectivity index (χ1n) is 6.99. The topological polar surface area (TPSA) is 46.2 Å². The lowest BCUT2D eigenvalue weighted by molar-refractivity contribution is -0.0436. The summed E-state index contributed by atoms with van der Waals surface area (Å²) in [4.78, 5) is -0.721. The molecular weight excluding hydrogens is 303 g/mol. The number of halogens is 3. The van der Waals surface area contributed by atoms with Crippen molar-refractivity contribution in [2.24, 2.45) is 0 Å². The van der Waals surface area contributed by atoms with Gasteiger partial charge in [-0.3, -0.25) is 0 Å². The molecule has 2 rings (SSSR count). The summed E-state index contributed by atoms with van der Waals surface area (Å²) in [6.45, 7) is 0. The minimum Gasteiger partial charge on any atom is -0.382 e. The van der Waals surface area contributed by atoms with Crippen LogP contribution in [0, 0.1) is 0 Å². The van der Waals surface area contributed by atoms with Crippen molar-refractivity contribution in [3.8, 4) is 0 Å². The van der Waals surface area contributed by atoms with E-state index in [1.165, 1.54) is 25.0 Å². The van der Waals surface area contributed by atoms with Gasteiger partial charge in [-0.05, 0) is 37.1 Å². The summed E-state index contributed by atoms with van der Waals surface area (Å²) in [6, 6.07) is 5.09. The molecule has 3 nitrogen and oxygen atoms in total. The van der Waals surface area contributed by atoms with E-state index < -0.39 is 20.2 Å². The number of rotatable bonds is 3. The van der Waals surface area contributed by atoms with Gasteiger partial charge in [0.15, 0.2) is 0 Å². The molecule has 1 fully saturated rings. The zero-order chi connectivity index (χ0) is 15.5. The summed E-state index contributed by atoms with van der Waals surface area (Å²) in [5, 5.41) is 3.26. The highest BCUT2D eigenvalue weighted by molar-refractivity contribution is 7.92. The quantitative estimate of drug-likeness (QED) is 0.852. The molecule has 0 spiro atoms. The lowest BCUT2D eigenvalue weighted by Gasteiger charge is -2.18. The number of nitrogens with one attached hydrogen (secondary N) is 1. The molecule has 0 unspecified atom stereocenters. The van der Waals surface area contributed by atoms with Gasteiger partial charge in [0.25, 0.3) is 9.84 Å². The second-order valence-corrected chi connectivity index (χ2v) is 7.25. The van der Waals surface area contributed by atoms with Crippen LogP contribution in [0.4, 0.5) is 18.9 Å². The van der Waals surface area contributed by atoms with E-state index in [0.717, 1.165) is 37.8 Å². The molecule has 0 saturated heterocycles. The van der Waals surface area contributed by atoms with Crippen LogP contribution in [0.3, 0.4) is 0 Å². The highest BCUT2D eigenvalue weighted by Gasteiger charge is 2.46. The maximum atomic E-state index is 12.4. The first-order chi connectivity index (χ1) is 9.80. The Morgan fingerprint density at radius 3 is 1.95 bits per heavy atom. The summed E-state index contributed by atoms with van der Waals surface area (Å²) >= 11 is 0. The Morgan fingerprint density at radius 2 is 1.48 bits per heavy atom. The number of sulfone groups is 1. The summed E-state index contributed by atoms with van der Waals surface area (Å²) in [6.07, 6.45) is 6.75. The van der Waals surface area contributed by atoms with Crippen molar-refractivity contribution in [2.75, 3.05) is 5.32 Å². The van der Waals surface area contributed by atoms with Crippen molar-refractivity contribution in [1.82, 2.24) is 0 Å². The molecule has 0 bridgehead atoms. The van der Waals surface area contributed by atoms with Crippen LogP contribution in [0.25, 0.3) is 0 Å². The molecule has 1 N–H and O–H groups in total. The SMILES string of the molecule is O=S(=O)(c1ccc(NC2CCCCCC2)cc1)C(F)(F)F. The van der Waals surface area contributed by atoms with Gasteiger partial charge in [0, 0.05) is 11.7 Å². The second kappa shape index (κ2) is 6.25. The van der Waals surface area contributed by atoms with E-state index in [4.69, 9.17) is 0 Å². The normalized spacial score (nSPS) is 18.2. The van der Waals surface area contributed by atoms with E-state index in [1.807, 2.05) is 0 Å². The van der Waals surface area contributed by atoms with Crippen molar-refractivity contribution >= 4 is 15.5 Å². The Bertz CT molecular complexity index is 559. The van der Waals surface area contributed by atoms with E-state index in [0.29, 0.717) is 11.7 Å². The summed E-state index contributed by atoms with van der Waals surface area (Å²) in [7, 11) is -5.26. The van der Waals surface area contributed by atoms with E-state index in [1.54, 1.807) is 0 Å². The first-order valence-corrected chi connectivity index (χ1v) is 8.47. The van der Waals surface area contributed by atoms with E-state index in [-0.39, 0.29) is 0 Å². The van der Waals surface area contributed by atoms with E-state index >= 15 is 0 Å². The van der Waals surface area contributed by atoms with Gasteiger partial charge < -0.3 is 5.32 Å². The average Bonchev–Trinajstić information content (AvgIpc) is 2.67. The van der Waals surface area contributed by atoms with Crippen LogP contribution < -0.4 is 5.32 Å². The molecule has 7 heteroatoms. The van der Waals surface area contributed by atoms with Gasteiger partial charge in [-0.2, -0.15) is 13.2 Å². The average molecular weight is 321 g/mol.